The maximum absolute atomic E-state index is 11.3. The SMILES string of the molecule is CCCc1ccccc1N1CCN(C(C)=O)CC1. The van der Waals surface area contributed by atoms with Crippen molar-refractivity contribution < 1.29 is 4.79 Å². The van der Waals surface area contributed by atoms with Gasteiger partial charge >= 0.3 is 0 Å². The van der Waals surface area contributed by atoms with Gasteiger partial charge in [-0.25, -0.2) is 0 Å². The number of carbonyl (C=O) groups is 1. The van der Waals surface area contributed by atoms with Crippen molar-refractivity contribution in [3.63, 3.8) is 0 Å². The molecule has 0 unspecified atom stereocenters. The molecule has 98 valence electrons. The normalized spacial score (nSPS) is 15.9. The molecule has 1 saturated heterocycles. The van der Waals surface area contributed by atoms with E-state index in [2.05, 4.69) is 36.1 Å². The fraction of sp³-hybridized carbons (Fsp3) is 0.533. The summed E-state index contributed by atoms with van der Waals surface area (Å²) < 4.78 is 0. The van der Waals surface area contributed by atoms with E-state index in [0.29, 0.717) is 0 Å². The molecule has 1 aromatic carbocycles. The third-order valence-electron chi connectivity index (χ3n) is 3.58. The quantitative estimate of drug-likeness (QED) is 0.817. The van der Waals surface area contributed by atoms with Crippen molar-refractivity contribution in [1.82, 2.24) is 4.90 Å². The Morgan fingerprint density at radius 1 is 1.17 bits per heavy atom. The highest BCUT2D eigenvalue weighted by Gasteiger charge is 2.19. The van der Waals surface area contributed by atoms with Crippen LogP contribution in [0.3, 0.4) is 0 Å². The third kappa shape index (κ3) is 2.84. The minimum absolute atomic E-state index is 0.191. The van der Waals surface area contributed by atoms with Gasteiger partial charge in [0.15, 0.2) is 0 Å². The van der Waals surface area contributed by atoms with Crippen LogP contribution in [0, 0.1) is 0 Å². The van der Waals surface area contributed by atoms with E-state index in [-0.39, 0.29) is 5.91 Å². The van der Waals surface area contributed by atoms with E-state index in [1.165, 1.54) is 17.7 Å². The fourth-order valence-electron chi connectivity index (χ4n) is 2.56. The zero-order valence-electron chi connectivity index (χ0n) is 11.4. The van der Waals surface area contributed by atoms with Crippen LogP contribution in [0.15, 0.2) is 24.3 Å². The van der Waals surface area contributed by atoms with Crippen LogP contribution in [0.2, 0.25) is 0 Å². The van der Waals surface area contributed by atoms with E-state index in [0.717, 1.165) is 32.6 Å². The monoisotopic (exact) mass is 246 g/mol. The topological polar surface area (TPSA) is 23.6 Å². The Morgan fingerprint density at radius 3 is 2.44 bits per heavy atom. The molecular formula is C15H22N2O. The van der Waals surface area contributed by atoms with Crippen LogP contribution in [-0.2, 0) is 11.2 Å². The summed E-state index contributed by atoms with van der Waals surface area (Å²) >= 11 is 0. The maximum Gasteiger partial charge on any atom is 0.219 e. The molecule has 0 spiro atoms. The summed E-state index contributed by atoms with van der Waals surface area (Å²) in [5.41, 5.74) is 2.78. The zero-order chi connectivity index (χ0) is 13.0. The average Bonchev–Trinajstić information content (AvgIpc) is 2.40. The van der Waals surface area contributed by atoms with Crippen molar-refractivity contribution in [2.45, 2.75) is 26.7 Å². The molecule has 0 atom stereocenters. The van der Waals surface area contributed by atoms with Crippen molar-refractivity contribution in [3.8, 4) is 0 Å². The van der Waals surface area contributed by atoms with Crippen LogP contribution in [-0.4, -0.2) is 37.0 Å². The molecule has 1 amide bonds. The Labute approximate surface area is 109 Å². The predicted octanol–water partition coefficient (Wildman–Crippen LogP) is 2.31. The van der Waals surface area contributed by atoms with Crippen LogP contribution in [0.5, 0.6) is 0 Å². The van der Waals surface area contributed by atoms with E-state index in [9.17, 15) is 4.79 Å². The largest absolute Gasteiger partial charge is 0.368 e. The predicted molar refractivity (Wildman–Crippen MR) is 74.9 cm³/mol. The molecular weight excluding hydrogens is 224 g/mol. The van der Waals surface area contributed by atoms with Gasteiger partial charge in [0.05, 0.1) is 0 Å². The van der Waals surface area contributed by atoms with Crippen LogP contribution in [0.25, 0.3) is 0 Å². The highest BCUT2D eigenvalue weighted by atomic mass is 16.2. The van der Waals surface area contributed by atoms with Crippen molar-refractivity contribution in [2.75, 3.05) is 31.1 Å². The van der Waals surface area contributed by atoms with Crippen LogP contribution >= 0.6 is 0 Å². The van der Waals surface area contributed by atoms with Crippen LogP contribution in [0.4, 0.5) is 5.69 Å². The van der Waals surface area contributed by atoms with Gasteiger partial charge < -0.3 is 9.80 Å². The van der Waals surface area contributed by atoms with Crippen molar-refractivity contribution in [3.05, 3.63) is 29.8 Å². The fourth-order valence-corrected chi connectivity index (χ4v) is 2.56. The molecule has 0 N–H and O–H groups in total. The molecule has 1 fully saturated rings. The number of rotatable bonds is 3. The maximum atomic E-state index is 11.3. The summed E-state index contributed by atoms with van der Waals surface area (Å²) in [6, 6.07) is 8.64. The summed E-state index contributed by atoms with van der Waals surface area (Å²) in [7, 11) is 0. The van der Waals surface area contributed by atoms with E-state index in [1.807, 2.05) is 4.90 Å². The van der Waals surface area contributed by atoms with Gasteiger partial charge in [0.2, 0.25) is 5.91 Å². The summed E-state index contributed by atoms with van der Waals surface area (Å²) in [4.78, 5) is 15.7. The van der Waals surface area contributed by atoms with Crippen molar-refractivity contribution >= 4 is 11.6 Å². The van der Waals surface area contributed by atoms with E-state index in [1.54, 1.807) is 6.92 Å². The first-order valence-corrected chi connectivity index (χ1v) is 6.80. The van der Waals surface area contributed by atoms with Gasteiger partial charge in [0.25, 0.3) is 0 Å². The minimum atomic E-state index is 0.191. The van der Waals surface area contributed by atoms with Gasteiger partial charge in [-0.1, -0.05) is 31.5 Å². The van der Waals surface area contributed by atoms with Gasteiger partial charge in [-0.15, -0.1) is 0 Å². The first-order chi connectivity index (χ1) is 8.72. The first kappa shape index (κ1) is 12.9. The van der Waals surface area contributed by atoms with Gasteiger partial charge in [-0.3, -0.25) is 4.79 Å². The van der Waals surface area contributed by atoms with E-state index in [4.69, 9.17) is 0 Å². The number of hydrogen-bond donors (Lipinski definition) is 0. The highest BCUT2D eigenvalue weighted by Crippen LogP contribution is 2.23. The van der Waals surface area contributed by atoms with E-state index >= 15 is 0 Å². The Bertz CT molecular complexity index is 409. The number of carbonyl (C=O) groups excluding carboxylic acids is 1. The molecule has 0 radical (unpaired) electrons. The van der Waals surface area contributed by atoms with Crippen LogP contribution < -0.4 is 4.90 Å². The molecule has 0 bridgehead atoms. The van der Waals surface area contributed by atoms with E-state index < -0.39 is 0 Å². The first-order valence-electron chi connectivity index (χ1n) is 6.80. The summed E-state index contributed by atoms with van der Waals surface area (Å²) in [5, 5.41) is 0. The van der Waals surface area contributed by atoms with Gasteiger partial charge in [-0.05, 0) is 18.1 Å². The van der Waals surface area contributed by atoms with Gasteiger partial charge in [0.1, 0.15) is 0 Å². The minimum Gasteiger partial charge on any atom is -0.368 e. The number of hydrogen-bond acceptors (Lipinski definition) is 2. The second-order valence-corrected chi connectivity index (χ2v) is 4.87. The number of para-hydroxylation sites is 1. The Balaban J connectivity index is 2.07. The molecule has 3 heteroatoms. The third-order valence-corrected chi connectivity index (χ3v) is 3.58. The molecule has 1 aromatic rings. The summed E-state index contributed by atoms with van der Waals surface area (Å²) in [6.45, 7) is 7.44. The molecule has 1 aliphatic heterocycles. The number of anilines is 1. The Kier molecular flexibility index (Phi) is 4.24. The Morgan fingerprint density at radius 2 is 1.83 bits per heavy atom. The number of aryl methyl sites for hydroxylation is 1. The lowest BCUT2D eigenvalue weighted by Gasteiger charge is -2.36. The van der Waals surface area contributed by atoms with Crippen molar-refractivity contribution in [1.29, 1.82) is 0 Å². The summed E-state index contributed by atoms with van der Waals surface area (Å²) in [6.07, 6.45) is 2.30. The molecule has 3 nitrogen and oxygen atoms in total. The zero-order valence-corrected chi connectivity index (χ0v) is 11.4. The second-order valence-electron chi connectivity index (χ2n) is 4.87. The molecule has 0 saturated carbocycles. The number of nitrogens with zero attached hydrogens (tertiary/aromatic N) is 2. The molecule has 1 heterocycles. The molecule has 1 aliphatic rings. The lowest BCUT2D eigenvalue weighted by atomic mass is 10.1. The molecule has 2 rings (SSSR count). The van der Waals surface area contributed by atoms with Crippen LogP contribution in [0.1, 0.15) is 25.8 Å². The Hall–Kier alpha value is -1.51. The van der Waals surface area contributed by atoms with Gasteiger partial charge in [0, 0.05) is 38.8 Å². The lowest BCUT2D eigenvalue weighted by molar-refractivity contribution is -0.129. The molecule has 0 aromatic heterocycles. The number of benzene rings is 1. The number of amides is 1. The standard InChI is InChI=1S/C15H22N2O/c1-3-6-14-7-4-5-8-15(14)17-11-9-16(10-12-17)13(2)18/h4-5,7-8H,3,6,9-12H2,1-2H3. The lowest BCUT2D eigenvalue weighted by Crippen LogP contribution is -2.48. The number of piperazine rings is 1. The smallest absolute Gasteiger partial charge is 0.219 e. The van der Waals surface area contributed by atoms with Gasteiger partial charge in [-0.2, -0.15) is 0 Å². The second kappa shape index (κ2) is 5.89. The highest BCUT2D eigenvalue weighted by molar-refractivity contribution is 5.73. The average molecular weight is 246 g/mol. The van der Waals surface area contributed by atoms with Crippen molar-refractivity contribution in [2.24, 2.45) is 0 Å². The summed E-state index contributed by atoms with van der Waals surface area (Å²) in [5.74, 6) is 0.191. The molecule has 0 aliphatic carbocycles. The molecule has 18 heavy (non-hydrogen) atoms.